The summed E-state index contributed by atoms with van der Waals surface area (Å²) in [5.41, 5.74) is -0.490. The van der Waals surface area contributed by atoms with Crippen LogP contribution in [0.25, 0.3) is 0 Å². The number of carbonyl (C=O) groups is 2. The fraction of sp³-hybridized carbons (Fsp3) is 0.895. The summed E-state index contributed by atoms with van der Waals surface area (Å²) in [5, 5.41) is 5.99. The Balaban J connectivity index is 1.58. The quantitative estimate of drug-likeness (QED) is 0.710. The molecule has 3 fully saturated rings. The minimum Gasteiger partial charge on any atom is -0.379 e. The summed E-state index contributed by atoms with van der Waals surface area (Å²) in [6.07, 6.45) is 6.88. The predicted octanol–water partition coefficient (Wildman–Crippen LogP) is 0.348. The molecule has 0 aromatic carbocycles. The zero-order valence-corrected chi connectivity index (χ0v) is 16.1. The summed E-state index contributed by atoms with van der Waals surface area (Å²) in [6.45, 7) is 5.79. The zero-order chi connectivity index (χ0) is 18.4. The number of hydrogen-bond acceptors (Lipinski definition) is 5. The van der Waals surface area contributed by atoms with Crippen molar-refractivity contribution in [3.63, 3.8) is 0 Å². The summed E-state index contributed by atoms with van der Waals surface area (Å²) in [6, 6.07) is -0.171. The van der Waals surface area contributed by atoms with Crippen LogP contribution in [-0.2, 0) is 14.3 Å². The van der Waals surface area contributed by atoms with E-state index < -0.39 is 5.54 Å². The lowest BCUT2D eigenvalue weighted by atomic mass is 9.79. The summed E-state index contributed by atoms with van der Waals surface area (Å²) < 4.78 is 5.36. The van der Waals surface area contributed by atoms with E-state index in [-0.39, 0.29) is 17.9 Å². The third kappa shape index (κ3) is 4.21. The van der Waals surface area contributed by atoms with Gasteiger partial charge < -0.3 is 15.4 Å². The zero-order valence-electron chi connectivity index (χ0n) is 16.1. The van der Waals surface area contributed by atoms with Crippen LogP contribution in [0, 0.1) is 0 Å². The minimum absolute atomic E-state index is 0.0876. The van der Waals surface area contributed by atoms with Crippen molar-refractivity contribution in [2.24, 2.45) is 0 Å². The van der Waals surface area contributed by atoms with Crippen LogP contribution in [0.15, 0.2) is 0 Å². The summed E-state index contributed by atoms with van der Waals surface area (Å²) in [4.78, 5) is 30.2. The fourth-order valence-electron chi connectivity index (χ4n) is 4.85. The maximum atomic E-state index is 12.9. The van der Waals surface area contributed by atoms with Crippen LogP contribution in [0.4, 0.5) is 0 Å². The topological polar surface area (TPSA) is 73.9 Å². The first-order valence-corrected chi connectivity index (χ1v) is 10.2. The summed E-state index contributed by atoms with van der Waals surface area (Å²) in [7, 11) is 1.71. The van der Waals surface area contributed by atoms with Gasteiger partial charge in [-0.1, -0.05) is 19.3 Å². The van der Waals surface area contributed by atoms with Crippen molar-refractivity contribution >= 4 is 11.8 Å². The van der Waals surface area contributed by atoms with Crippen molar-refractivity contribution in [3.05, 3.63) is 0 Å². The monoisotopic (exact) mass is 366 g/mol. The molecular formula is C19H34N4O3. The molecule has 26 heavy (non-hydrogen) atoms. The average molecular weight is 367 g/mol. The number of carbonyl (C=O) groups excluding carboxylic acids is 2. The largest absolute Gasteiger partial charge is 0.379 e. The standard InChI is InChI=1S/C19H34N4O3/c1-20-18(25)19(7-3-2-4-8-19)23-10-5-6-16(23)17(24)21-9-11-22-12-14-26-15-13-22/h16H,2-15H2,1H3,(H,20,25)(H,21,24)/t16-/m0/s1. The van der Waals surface area contributed by atoms with Crippen molar-refractivity contribution in [1.82, 2.24) is 20.4 Å². The maximum Gasteiger partial charge on any atom is 0.240 e. The number of morpholine rings is 1. The number of likely N-dealkylation sites (tertiary alicyclic amines) is 1. The highest BCUT2D eigenvalue weighted by Gasteiger charge is 2.50. The van der Waals surface area contributed by atoms with Crippen molar-refractivity contribution in [2.75, 3.05) is 53.0 Å². The van der Waals surface area contributed by atoms with Gasteiger partial charge in [0.1, 0.15) is 5.54 Å². The Morgan fingerprint density at radius 2 is 1.81 bits per heavy atom. The second-order valence-electron chi connectivity index (χ2n) is 7.77. The van der Waals surface area contributed by atoms with Gasteiger partial charge in [-0.25, -0.2) is 0 Å². The molecule has 1 saturated carbocycles. The molecule has 2 N–H and O–H groups in total. The van der Waals surface area contributed by atoms with Crippen LogP contribution >= 0.6 is 0 Å². The molecule has 2 amide bonds. The van der Waals surface area contributed by atoms with Gasteiger partial charge in [-0.3, -0.25) is 19.4 Å². The molecule has 7 nitrogen and oxygen atoms in total. The van der Waals surface area contributed by atoms with Crippen LogP contribution in [0.1, 0.15) is 44.9 Å². The first kappa shape index (κ1) is 19.6. The molecule has 2 saturated heterocycles. The molecule has 3 rings (SSSR count). The molecule has 0 radical (unpaired) electrons. The van der Waals surface area contributed by atoms with Crippen LogP contribution in [0.5, 0.6) is 0 Å². The number of nitrogens with zero attached hydrogens (tertiary/aromatic N) is 2. The predicted molar refractivity (Wildman–Crippen MR) is 99.9 cm³/mol. The first-order valence-electron chi connectivity index (χ1n) is 10.2. The van der Waals surface area contributed by atoms with Gasteiger partial charge in [-0.15, -0.1) is 0 Å². The van der Waals surface area contributed by atoms with E-state index in [1.807, 2.05) is 0 Å². The van der Waals surface area contributed by atoms with Gasteiger partial charge in [0.15, 0.2) is 0 Å². The molecule has 1 aliphatic carbocycles. The van der Waals surface area contributed by atoms with Crippen molar-refractivity contribution in [3.8, 4) is 0 Å². The van der Waals surface area contributed by atoms with Crippen molar-refractivity contribution < 1.29 is 14.3 Å². The lowest BCUT2D eigenvalue weighted by Gasteiger charge is -2.45. The van der Waals surface area contributed by atoms with Gasteiger partial charge in [-0.2, -0.15) is 0 Å². The molecule has 3 aliphatic rings. The Bertz CT molecular complexity index is 487. The highest BCUT2D eigenvalue weighted by molar-refractivity contribution is 5.88. The van der Waals surface area contributed by atoms with E-state index in [0.717, 1.165) is 77.9 Å². The molecule has 1 atom stereocenters. The maximum absolute atomic E-state index is 12.9. The Hall–Kier alpha value is -1.18. The van der Waals surface area contributed by atoms with E-state index in [9.17, 15) is 9.59 Å². The summed E-state index contributed by atoms with van der Waals surface area (Å²) in [5.74, 6) is 0.176. The molecule has 2 aliphatic heterocycles. The number of amides is 2. The van der Waals surface area contributed by atoms with Gasteiger partial charge in [0.05, 0.1) is 19.3 Å². The lowest BCUT2D eigenvalue weighted by molar-refractivity contribution is -0.140. The van der Waals surface area contributed by atoms with E-state index in [4.69, 9.17) is 4.74 Å². The molecule has 0 unspecified atom stereocenters. The number of rotatable bonds is 6. The number of likely N-dealkylation sites (N-methyl/N-ethyl adjacent to an activating group) is 1. The second-order valence-corrected chi connectivity index (χ2v) is 7.77. The second kappa shape index (κ2) is 9.15. The lowest BCUT2D eigenvalue weighted by Crippen LogP contribution is -2.63. The van der Waals surface area contributed by atoms with E-state index >= 15 is 0 Å². The smallest absolute Gasteiger partial charge is 0.240 e. The average Bonchev–Trinajstić information content (AvgIpc) is 3.19. The molecule has 0 aromatic rings. The molecular weight excluding hydrogens is 332 g/mol. The van der Waals surface area contributed by atoms with Gasteiger partial charge in [0.25, 0.3) is 0 Å². The van der Waals surface area contributed by atoms with Gasteiger partial charge in [0.2, 0.25) is 11.8 Å². The summed E-state index contributed by atoms with van der Waals surface area (Å²) >= 11 is 0. The Labute approximate surface area is 156 Å². The van der Waals surface area contributed by atoms with E-state index in [1.54, 1.807) is 7.05 Å². The van der Waals surface area contributed by atoms with Crippen LogP contribution in [-0.4, -0.2) is 86.2 Å². The van der Waals surface area contributed by atoms with Gasteiger partial charge >= 0.3 is 0 Å². The highest BCUT2D eigenvalue weighted by atomic mass is 16.5. The van der Waals surface area contributed by atoms with Gasteiger partial charge in [0, 0.05) is 39.8 Å². The first-order chi connectivity index (χ1) is 12.7. The SMILES string of the molecule is CNC(=O)C1(N2CCC[C@H]2C(=O)NCCN2CCOCC2)CCCCC1. The Kier molecular flexibility index (Phi) is 6.89. The van der Waals surface area contributed by atoms with Crippen molar-refractivity contribution in [2.45, 2.75) is 56.5 Å². The van der Waals surface area contributed by atoms with E-state index in [1.165, 1.54) is 6.42 Å². The molecule has 0 spiro atoms. The number of hydrogen-bond donors (Lipinski definition) is 2. The van der Waals surface area contributed by atoms with Crippen molar-refractivity contribution in [1.29, 1.82) is 0 Å². The molecule has 7 heteroatoms. The van der Waals surface area contributed by atoms with E-state index in [0.29, 0.717) is 6.54 Å². The Morgan fingerprint density at radius 1 is 1.08 bits per heavy atom. The third-order valence-electron chi connectivity index (χ3n) is 6.27. The molecule has 0 aromatic heterocycles. The molecule has 2 heterocycles. The highest BCUT2D eigenvalue weighted by Crippen LogP contribution is 2.38. The third-order valence-corrected chi connectivity index (χ3v) is 6.27. The number of ether oxygens (including phenoxy) is 1. The van der Waals surface area contributed by atoms with Crippen LogP contribution in [0.3, 0.4) is 0 Å². The van der Waals surface area contributed by atoms with Gasteiger partial charge in [-0.05, 0) is 25.7 Å². The number of nitrogens with one attached hydrogen (secondary N) is 2. The fourth-order valence-corrected chi connectivity index (χ4v) is 4.85. The van der Waals surface area contributed by atoms with Crippen LogP contribution < -0.4 is 10.6 Å². The Morgan fingerprint density at radius 3 is 2.50 bits per heavy atom. The van der Waals surface area contributed by atoms with Crippen LogP contribution in [0.2, 0.25) is 0 Å². The van der Waals surface area contributed by atoms with E-state index in [2.05, 4.69) is 20.4 Å². The minimum atomic E-state index is -0.490. The normalized spacial score (nSPS) is 27.2. The molecule has 0 bridgehead atoms. The molecule has 148 valence electrons.